The van der Waals surface area contributed by atoms with Crippen molar-refractivity contribution in [3.05, 3.63) is 138 Å². The van der Waals surface area contributed by atoms with Crippen LogP contribution in [0.3, 0.4) is 0 Å². The van der Waals surface area contributed by atoms with Crippen LogP contribution < -0.4 is 4.90 Å². The predicted molar refractivity (Wildman–Crippen MR) is 170 cm³/mol. The lowest BCUT2D eigenvalue weighted by Crippen LogP contribution is -2.16. The van der Waals surface area contributed by atoms with Gasteiger partial charge in [-0.05, 0) is 94.1 Å². The molecule has 1 saturated carbocycles. The Morgan fingerprint density at radius 3 is 1.82 bits per heavy atom. The van der Waals surface area contributed by atoms with Gasteiger partial charge in [-0.3, -0.25) is 0 Å². The molecule has 0 aliphatic heterocycles. The van der Waals surface area contributed by atoms with Gasteiger partial charge in [0, 0.05) is 22.5 Å². The van der Waals surface area contributed by atoms with Gasteiger partial charge in [0.15, 0.2) is 0 Å². The second-order valence-corrected chi connectivity index (χ2v) is 12.1. The van der Waals surface area contributed by atoms with E-state index in [9.17, 15) is 0 Å². The van der Waals surface area contributed by atoms with Gasteiger partial charge in [-0.15, -0.1) is 0 Å². The van der Waals surface area contributed by atoms with Gasteiger partial charge in [-0.2, -0.15) is 0 Å². The van der Waals surface area contributed by atoms with Crippen LogP contribution in [0.1, 0.15) is 68.6 Å². The van der Waals surface area contributed by atoms with E-state index in [1.54, 1.807) is 0 Å². The molecule has 1 heteroatoms. The van der Waals surface area contributed by atoms with Crippen molar-refractivity contribution in [2.75, 3.05) is 4.90 Å². The van der Waals surface area contributed by atoms with Crippen molar-refractivity contribution in [1.82, 2.24) is 0 Å². The molecule has 5 aromatic carbocycles. The van der Waals surface area contributed by atoms with E-state index in [2.05, 4.69) is 140 Å². The maximum Gasteiger partial charge on any atom is 0.0465 e. The highest BCUT2D eigenvalue weighted by Crippen LogP contribution is 2.50. The fraction of sp³-hybridized carbons (Fsp3) is 0.231. The van der Waals surface area contributed by atoms with Gasteiger partial charge in [-0.25, -0.2) is 0 Å². The van der Waals surface area contributed by atoms with Crippen molar-refractivity contribution in [2.24, 2.45) is 0 Å². The third kappa shape index (κ3) is 4.34. The molecule has 0 bridgehead atoms. The Balaban J connectivity index is 1.31. The number of benzene rings is 5. The van der Waals surface area contributed by atoms with Gasteiger partial charge in [0.2, 0.25) is 0 Å². The Bertz CT molecular complexity index is 1620. The van der Waals surface area contributed by atoms with E-state index >= 15 is 0 Å². The molecule has 0 spiro atoms. The molecule has 7 rings (SSSR count). The van der Waals surface area contributed by atoms with E-state index in [1.807, 2.05) is 0 Å². The monoisotopic (exact) mass is 519 g/mol. The first kappa shape index (κ1) is 24.9. The minimum absolute atomic E-state index is 0.0321. The molecule has 0 aromatic heterocycles. The Morgan fingerprint density at radius 1 is 0.525 bits per heavy atom. The van der Waals surface area contributed by atoms with E-state index < -0.39 is 0 Å². The van der Waals surface area contributed by atoms with E-state index in [4.69, 9.17) is 0 Å². The summed E-state index contributed by atoms with van der Waals surface area (Å²) in [5.41, 5.74) is 13.1. The molecule has 40 heavy (non-hydrogen) atoms. The van der Waals surface area contributed by atoms with Crippen molar-refractivity contribution in [2.45, 2.75) is 57.3 Å². The second-order valence-electron chi connectivity index (χ2n) is 12.1. The van der Waals surface area contributed by atoms with Crippen molar-refractivity contribution in [3.8, 4) is 22.3 Å². The van der Waals surface area contributed by atoms with Crippen LogP contribution in [0.5, 0.6) is 0 Å². The van der Waals surface area contributed by atoms with Crippen LogP contribution in [0.25, 0.3) is 22.3 Å². The van der Waals surface area contributed by atoms with Crippen LogP contribution in [0.15, 0.2) is 121 Å². The summed E-state index contributed by atoms with van der Waals surface area (Å²) in [6.07, 6.45) is 6.76. The molecule has 5 aromatic rings. The molecule has 0 radical (unpaired) electrons. The van der Waals surface area contributed by atoms with Crippen LogP contribution in [0.4, 0.5) is 17.1 Å². The molecule has 198 valence electrons. The molecule has 2 aliphatic rings. The average molecular weight is 520 g/mol. The van der Waals surface area contributed by atoms with Gasteiger partial charge in [-0.1, -0.05) is 118 Å². The molecule has 2 aliphatic carbocycles. The Morgan fingerprint density at radius 2 is 1.10 bits per heavy atom. The number of hydrogen-bond acceptors (Lipinski definition) is 1. The Hall–Kier alpha value is -4.10. The topological polar surface area (TPSA) is 3.24 Å². The first-order valence-corrected chi connectivity index (χ1v) is 14.9. The molecule has 1 fully saturated rings. The van der Waals surface area contributed by atoms with E-state index in [0.717, 1.165) is 0 Å². The number of nitrogens with zero attached hydrogens (tertiary/aromatic N) is 1. The first-order valence-electron chi connectivity index (χ1n) is 14.9. The summed E-state index contributed by atoms with van der Waals surface area (Å²) < 4.78 is 0. The maximum atomic E-state index is 2.43. The molecule has 0 unspecified atom stereocenters. The third-order valence-electron chi connectivity index (χ3n) is 9.29. The highest BCUT2D eigenvalue weighted by Gasteiger charge is 2.35. The summed E-state index contributed by atoms with van der Waals surface area (Å²) in [6.45, 7) is 4.72. The van der Waals surface area contributed by atoms with Gasteiger partial charge >= 0.3 is 0 Å². The SMILES string of the molecule is CC1(C)c2ccccc2-c2ccc(N(c3ccc(-c4ccccc4)cc3)c3ccc(C4CCCCC4)cc3)cc21. The smallest absolute Gasteiger partial charge is 0.0465 e. The summed E-state index contributed by atoms with van der Waals surface area (Å²) in [7, 11) is 0. The first-order chi connectivity index (χ1) is 19.6. The third-order valence-corrected chi connectivity index (χ3v) is 9.29. The van der Waals surface area contributed by atoms with E-state index in [0.29, 0.717) is 5.92 Å². The van der Waals surface area contributed by atoms with Crippen molar-refractivity contribution < 1.29 is 0 Å². The highest BCUT2D eigenvalue weighted by atomic mass is 15.1. The fourth-order valence-corrected chi connectivity index (χ4v) is 7.04. The molecule has 1 nitrogen and oxygen atoms in total. The van der Waals surface area contributed by atoms with Crippen LogP contribution >= 0.6 is 0 Å². The summed E-state index contributed by atoms with van der Waals surface area (Å²) >= 11 is 0. The quantitative estimate of drug-likeness (QED) is 0.223. The standard InChI is InChI=1S/C39H37N/c1-39(2)37-16-10-9-15-35(37)36-26-25-34(27-38(36)39)40(32-21-17-30(18-22-32)28-11-5-3-6-12-28)33-23-19-31(20-24-33)29-13-7-4-8-14-29/h3,5-6,9-12,15-27,29H,4,7-8,13-14H2,1-2H3. The molecule has 0 atom stereocenters. The summed E-state index contributed by atoms with van der Waals surface area (Å²) in [6, 6.07) is 45.1. The fourth-order valence-electron chi connectivity index (χ4n) is 7.04. The number of hydrogen-bond donors (Lipinski definition) is 0. The van der Waals surface area contributed by atoms with Gasteiger partial charge < -0.3 is 4.90 Å². The Kier molecular flexibility index (Phi) is 6.31. The van der Waals surface area contributed by atoms with Crippen LogP contribution in [-0.4, -0.2) is 0 Å². The average Bonchev–Trinajstić information content (AvgIpc) is 3.25. The maximum absolute atomic E-state index is 2.43. The molecule has 0 heterocycles. The minimum atomic E-state index is -0.0321. The zero-order valence-corrected chi connectivity index (χ0v) is 23.6. The van der Waals surface area contributed by atoms with Crippen LogP contribution in [-0.2, 0) is 5.41 Å². The van der Waals surface area contributed by atoms with Crippen LogP contribution in [0, 0.1) is 0 Å². The van der Waals surface area contributed by atoms with Crippen molar-refractivity contribution >= 4 is 17.1 Å². The number of fused-ring (bicyclic) bond motifs is 3. The van der Waals surface area contributed by atoms with Crippen LogP contribution in [0.2, 0.25) is 0 Å². The highest BCUT2D eigenvalue weighted by molar-refractivity contribution is 5.85. The molecular formula is C39H37N. The summed E-state index contributed by atoms with van der Waals surface area (Å²) in [4.78, 5) is 2.43. The number of anilines is 3. The van der Waals surface area contributed by atoms with Gasteiger partial charge in [0.25, 0.3) is 0 Å². The lowest BCUT2D eigenvalue weighted by Gasteiger charge is -2.29. The van der Waals surface area contributed by atoms with Gasteiger partial charge in [0.1, 0.15) is 0 Å². The number of rotatable bonds is 5. The molecule has 0 N–H and O–H groups in total. The lowest BCUT2D eigenvalue weighted by molar-refractivity contribution is 0.443. The van der Waals surface area contributed by atoms with E-state index in [-0.39, 0.29) is 5.41 Å². The normalized spacial score (nSPS) is 15.8. The van der Waals surface area contributed by atoms with Crippen molar-refractivity contribution in [3.63, 3.8) is 0 Å². The summed E-state index contributed by atoms with van der Waals surface area (Å²) in [5, 5.41) is 0. The summed E-state index contributed by atoms with van der Waals surface area (Å²) in [5.74, 6) is 0.709. The zero-order valence-electron chi connectivity index (χ0n) is 23.6. The largest absolute Gasteiger partial charge is 0.310 e. The van der Waals surface area contributed by atoms with E-state index in [1.165, 1.54) is 88.1 Å². The molecule has 0 saturated heterocycles. The Labute approximate surface area is 239 Å². The zero-order chi connectivity index (χ0) is 27.1. The lowest BCUT2D eigenvalue weighted by atomic mass is 9.82. The molecule has 0 amide bonds. The minimum Gasteiger partial charge on any atom is -0.310 e. The molecular weight excluding hydrogens is 482 g/mol. The van der Waals surface area contributed by atoms with Gasteiger partial charge in [0.05, 0.1) is 0 Å². The second kappa shape index (κ2) is 10.1. The van der Waals surface area contributed by atoms with Crippen molar-refractivity contribution in [1.29, 1.82) is 0 Å². The predicted octanol–water partition coefficient (Wildman–Crippen LogP) is 11.2.